The molecule has 3 saturated carbocycles. The van der Waals surface area contributed by atoms with Crippen LogP contribution in [-0.2, 0) is 41.4 Å². The van der Waals surface area contributed by atoms with Crippen LogP contribution in [0.1, 0.15) is 102 Å². The lowest BCUT2D eigenvalue weighted by Gasteiger charge is -2.64. The van der Waals surface area contributed by atoms with Gasteiger partial charge in [-0.05, 0) is 108 Å². The van der Waals surface area contributed by atoms with E-state index in [-0.39, 0.29) is 41.7 Å². The molecule has 8 rings (SSSR count). The number of aromatic nitrogens is 1. The van der Waals surface area contributed by atoms with Gasteiger partial charge in [0.2, 0.25) is 0 Å². The molecule has 4 aliphatic rings. The molecule has 312 valence electrons. The number of oxime groups is 1. The van der Waals surface area contributed by atoms with Crippen molar-refractivity contribution in [3.63, 3.8) is 0 Å². The number of rotatable bonds is 11. The Morgan fingerprint density at radius 1 is 0.915 bits per heavy atom. The van der Waals surface area contributed by atoms with Crippen LogP contribution in [0, 0.1) is 17.3 Å². The summed E-state index contributed by atoms with van der Waals surface area (Å²) in [7, 11) is 0.672. The molecular formula is C46H56BN3O9. The minimum Gasteiger partial charge on any atom is -0.496 e. The summed E-state index contributed by atoms with van der Waals surface area (Å²) in [4.78, 5) is 47.0. The van der Waals surface area contributed by atoms with Crippen molar-refractivity contribution in [3.8, 4) is 5.75 Å². The van der Waals surface area contributed by atoms with Crippen molar-refractivity contribution in [1.29, 1.82) is 0 Å². The van der Waals surface area contributed by atoms with E-state index in [4.69, 9.17) is 28.4 Å². The Bertz CT molecular complexity index is 2260. The van der Waals surface area contributed by atoms with Gasteiger partial charge in [-0.2, -0.15) is 0 Å². The van der Waals surface area contributed by atoms with Crippen molar-refractivity contribution in [3.05, 3.63) is 101 Å². The van der Waals surface area contributed by atoms with E-state index in [1.807, 2.05) is 84.0 Å². The van der Waals surface area contributed by atoms with Crippen molar-refractivity contribution < 1.29 is 42.7 Å². The van der Waals surface area contributed by atoms with E-state index in [0.29, 0.717) is 28.2 Å². The molecule has 2 heterocycles. The van der Waals surface area contributed by atoms with Gasteiger partial charge in [0.15, 0.2) is 5.71 Å². The number of ether oxygens (including phenoxy) is 3. The fourth-order valence-electron chi connectivity index (χ4n) is 8.92. The van der Waals surface area contributed by atoms with Gasteiger partial charge in [-0.1, -0.05) is 73.6 Å². The maximum absolute atomic E-state index is 14.8. The smallest absolute Gasteiger partial charge is 0.482 e. The van der Waals surface area contributed by atoms with Gasteiger partial charge in [-0.15, -0.1) is 0 Å². The van der Waals surface area contributed by atoms with E-state index in [1.165, 1.54) is 11.7 Å². The quantitative estimate of drug-likeness (QED) is 0.0687. The second kappa shape index (κ2) is 15.8. The fraction of sp³-hybridized carbons (Fsp3) is 0.478. The lowest BCUT2D eigenvalue weighted by atomic mass is 9.43. The summed E-state index contributed by atoms with van der Waals surface area (Å²) in [5.74, 6) is -0.671. The third kappa shape index (κ3) is 8.77. The largest absolute Gasteiger partial charge is 0.496 e. The van der Waals surface area contributed by atoms with Crippen molar-refractivity contribution >= 4 is 41.6 Å². The maximum atomic E-state index is 14.8. The molecule has 2 bridgehead atoms. The number of amides is 1. The average Bonchev–Trinajstić information content (AvgIpc) is 3.76. The molecule has 13 heteroatoms. The standard InChI is InChI=1S/C46H56BN3O9/c1-43(2,3)56-41(52)34-18-14-17-30(39(34)54-10)22-37(47-58-36-24-33-23-35(45(33,7)8)46(36,9)59-47)48-40(51)38(49-55-27-28-15-12-11-13-16-28)29-19-20-31-25-50(26-32(31)21-29)42(53)57-44(4,5)6/h11-21,25-26,33,35-37H,22-24,27H2,1-10H3,(H,48,51)/b49-38-/t33-,35+,36?,37?,46+/m1/s1. The van der Waals surface area contributed by atoms with Gasteiger partial charge in [0.05, 0.1) is 24.8 Å². The zero-order valence-electron chi connectivity index (χ0n) is 35.8. The van der Waals surface area contributed by atoms with Gasteiger partial charge in [0.25, 0.3) is 5.91 Å². The first-order chi connectivity index (χ1) is 27.8. The van der Waals surface area contributed by atoms with E-state index in [9.17, 15) is 14.4 Å². The van der Waals surface area contributed by atoms with Crippen molar-refractivity contribution in [2.24, 2.45) is 22.4 Å². The summed E-state index contributed by atoms with van der Waals surface area (Å²) in [6.45, 7) is 17.7. The van der Waals surface area contributed by atoms with Crippen LogP contribution in [-0.4, -0.2) is 71.3 Å². The Kier molecular flexibility index (Phi) is 11.2. The van der Waals surface area contributed by atoms with Crippen LogP contribution in [0.15, 0.2) is 84.3 Å². The SMILES string of the molecule is COc1c(CC(NC(=O)/C(=N\OCc2ccccc2)c2ccc3cn(C(=O)OC(C)(C)C)cc3c2)B2OC3C[C@H]4C[C@@H](C4(C)C)[C@]3(C)O2)cccc1C(=O)OC(C)(C)C. The highest BCUT2D eigenvalue weighted by Crippen LogP contribution is 2.65. The number of nitrogens with one attached hydrogen (secondary N) is 1. The molecule has 0 spiro atoms. The van der Waals surface area contributed by atoms with Crippen LogP contribution in [0.25, 0.3) is 10.8 Å². The fourth-order valence-corrected chi connectivity index (χ4v) is 8.92. The zero-order chi connectivity index (χ0) is 42.5. The molecule has 1 amide bonds. The van der Waals surface area contributed by atoms with Crippen LogP contribution >= 0.6 is 0 Å². The normalized spacial score (nSPS) is 22.8. The first kappa shape index (κ1) is 42.0. The first-order valence-electron chi connectivity index (χ1n) is 20.4. The predicted octanol–water partition coefficient (Wildman–Crippen LogP) is 8.30. The molecule has 4 aromatic rings. The molecule has 3 aliphatic carbocycles. The van der Waals surface area contributed by atoms with Crippen molar-refractivity contribution in [1.82, 2.24) is 9.88 Å². The summed E-state index contributed by atoms with van der Waals surface area (Å²) in [5.41, 5.74) is 0.415. The highest BCUT2D eigenvalue weighted by Gasteiger charge is 2.68. The van der Waals surface area contributed by atoms with Crippen molar-refractivity contribution in [2.75, 3.05) is 7.11 Å². The molecule has 5 atom stereocenters. The van der Waals surface area contributed by atoms with Gasteiger partial charge in [0.1, 0.15) is 29.1 Å². The lowest BCUT2D eigenvalue weighted by molar-refractivity contribution is -0.199. The highest BCUT2D eigenvalue weighted by atomic mass is 16.7. The van der Waals surface area contributed by atoms with Gasteiger partial charge >= 0.3 is 19.2 Å². The van der Waals surface area contributed by atoms with Gasteiger partial charge in [-0.25, -0.2) is 9.59 Å². The molecule has 1 aromatic heterocycles. The highest BCUT2D eigenvalue weighted by molar-refractivity contribution is 6.51. The Hall–Kier alpha value is -5.14. The molecular weight excluding hydrogens is 749 g/mol. The third-order valence-electron chi connectivity index (χ3n) is 11.9. The predicted molar refractivity (Wildman–Crippen MR) is 225 cm³/mol. The molecule has 0 radical (unpaired) electrons. The number of fused-ring (bicyclic) bond motifs is 1. The summed E-state index contributed by atoms with van der Waals surface area (Å²) < 4.78 is 32.3. The van der Waals surface area contributed by atoms with E-state index >= 15 is 0 Å². The van der Waals surface area contributed by atoms with E-state index < -0.39 is 47.8 Å². The Morgan fingerprint density at radius 3 is 2.31 bits per heavy atom. The number of esters is 1. The second-order valence-electron chi connectivity index (χ2n) is 18.8. The molecule has 2 unspecified atom stereocenters. The number of hydrogen-bond acceptors (Lipinski definition) is 10. The lowest BCUT2D eigenvalue weighted by Crippen LogP contribution is -2.65. The number of hydrogen-bond donors (Lipinski definition) is 1. The minimum absolute atomic E-state index is 0.0114. The van der Waals surface area contributed by atoms with E-state index in [2.05, 4.69) is 31.2 Å². The molecule has 1 saturated heterocycles. The summed E-state index contributed by atoms with van der Waals surface area (Å²) >= 11 is 0. The number of nitrogens with zero attached hydrogens (tertiary/aromatic N) is 2. The average molecular weight is 806 g/mol. The monoisotopic (exact) mass is 805 g/mol. The first-order valence-corrected chi connectivity index (χ1v) is 20.4. The maximum Gasteiger partial charge on any atom is 0.482 e. The number of methoxy groups -OCH3 is 1. The summed E-state index contributed by atoms with van der Waals surface area (Å²) in [5, 5.41) is 9.12. The minimum atomic E-state index is -0.837. The van der Waals surface area contributed by atoms with Crippen LogP contribution in [0.2, 0.25) is 0 Å². The third-order valence-corrected chi connectivity index (χ3v) is 11.9. The molecule has 4 fully saturated rings. The van der Waals surface area contributed by atoms with Gasteiger partial charge in [0, 0.05) is 28.7 Å². The van der Waals surface area contributed by atoms with E-state index in [0.717, 1.165) is 23.8 Å². The molecule has 3 aromatic carbocycles. The molecule has 1 N–H and O–H groups in total. The van der Waals surface area contributed by atoms with Crippen LogP contribution in [0.3, 0.4) is 0 Å². The van der Waals surface area contributed by atoms with Gasteiger partial charge < -0.3 is 33.7 Å². The molecule has 1 aliphatic heterocycles. The van der Waals surface area contributed by atoms with Gasteiger partial charge in [-0.3, -0.25) is 9.36 Å². The Labute approximate surface area is 347 Å². The molecule has 59 heavy (non-hydrogen) atoms. The number of benzene rings is 3. The number of para-hydroxylation sites is 1. The zero-order valence-corrected chi connectivity index (χ0v) is 35.8. The number of carbonyl (C=O) groups is 3. The molecule has 12 nitrogen and oxygen atoms in total. The Balaban J connectivity index is 1.24. The Morgan fingerprint density at radius 2 is 1.63 bits per heavy atom. The second-order valence-corrected chi connectivity index (χ2v) is 18.8. The van der Waals surface area contributed by atoms with Crippen LogP contribution in [0.5, 0.6) is 5.75 Å². The van der Waals surface area contributed by atoms with E-state index in [1.54, 1.807) is 36.7 Å². The summed E-state index contributed by atoms with van der Waals surface area (Å²) in [6.07, 6.45) is 4.78. The van der Waals surface area contributed by atoms with Crippen LogP contribution < -0.4 is 10.1 Å². The topological polar surface area (TPSA) is 136 Å². The number of carbonyl (C=O) groups excluding carboxylic acids is 3. The van der Waals surface area contributed by atoms with Crippen molar-refractivity contribution in [2.45, 2.75) is 117 Å². The summed E-state index contributed by atoms with van der Waals surface area (Å²) in [6, 6.07) is 20.2. The van der Waals surface area contributed by atoms with Crippen LogP contribution in [0.4, 0.5) is 4.79 Å².